The van der Waals surface area contributed by atoms with E-state index in [9.17, 15) is 0 Å². The zero-order valence-corrected chi connectivity index (χ0v) is 7.82. The molecule has 2 atom stereocenters. The summed E-state index contributed by atoms with van der Waals surface area (Å²) in [5, 5.41) is 3.31. The van der Waals surface area contributed by atoms with Gasteiger partial charge in [-0.1, -0.05) is 0 Å². The van der Waals surface area contributed by atoms with Crippen LogP contribution in [0.3, 0.4) is 0 Å². The molecule has 3 heteroatoms. The number of rotatable bonds is 3. The molecule has 1 aromatic heterocycles. The predicted molar refractivity (Wildman–Crippen MR) is 49.4 cm³/mol. The molecule has 1 N–H and O–H groups in total. The Morgan fingerprint density at radius 2 is 2.54 bits per heavy atom. The van der Waals surface area contributed by atoms with Crippen LogP contribution in [0.4, 0.5) is 0 Å². The summed E-state index contributed by atoms with van der Waals surface area (Å²) in [5.41, 5.74) is 1.22. The second-order valence-corrected chi connectivity index (χ2v) is 3.45. The number of hydrogen-bond donors (Lipinski definition) is 1. The smallest absolute Gasteiger partial charge is 0.0950 e. The van der Waals surface area contributed by atoms with Crippen LogP contribution in [0.2, 0.25) is 0 Å². The Balaban J connectivity index is 2.08. The largest absolute Gasteiger partial charge is 0.472 e. The van der Waals surface area contributed by atoms with Gasteiger partial charge in [0.15, 0.2) is 0 Å². The average molecular weight is 181 g/mol. The van der Waals surface area contributed by atoms with Crippen LogP contribution in [0.1, 0.15) is 18.0 Å². The Hall–Kier alpha value is -0.800. The molecule has 0 amide bonds. The van der Waals surface area contributed by atoms with Crippen LogP contribution < -0.4 is 5.32 Å². The fraction of sp³-hybridized carbons (Fsp3) is 0.600. The van der Waals surface area contributed by atoms with Crippen LogP contribution in [-0.4, -0.2) is 20.3 Å². The van der Waals surface area contributed by atoms with Crippen molar-refractivity contribution in [1.82, 2.24) is 5.32 Å². The maximum absolute atomic E-state index is 5.37. The summed E-state index contributed by atoms with van der Waals surface area (Å²) in [4.78, 5) is 0. The normalized spacial score (nSPS) is 24.8. The van der Waals surface area contributed by atoms with Crippen molar-refractivity contribution in [3.05, 3.63) is 24.2 Å². The van der Waals surface area contributed by atoms with Crippen LogP contribution in [-0.2, 0) is 4.74 Å². The van der Waals surface area contributed by atoms with Gasteiger partial charge in [-0.3, -0.25) is 0 Å². The van der Waals surface area contributed by atoms with Crippen molar-refractivity contribution in [1.29, 1.82) is 0 Å². The van der Waals surface area contributed by atoms with Gasteiger partial charge >= 0.3 is 0 Å². The standard InChI is InChI=1S/C10H15NO2/c1-11-10(8-2-4-12-6-8)9-3-5-13-7-9/h2,4,6,9-11H,3,5,7H2,1H3. The molecule has 1 aromatic rings. The van der Waals surface area contributed by atoms with Gasteiger partial charge in [0.1, 0.15) is 0 Å². The highest BCUT2D eigenvalue weighted by molar-refractivity contribution is 5.13. The second kappa shape index (κ2) is 3.94. The van der Waals surface area contributed by atoms with Crippen molar-refractivity contribution in [2.75, 3.05) is 20.3 Å². The lowest BCUT2D eigenvalue weighted by Crippen LogP contribution is -2.25. The van der Waals surface area contributed by atoms with Gasteiger partial charge in [-0.2, -0.15) is 0 Å². The summed E-state index contributed by atoms with van der Waals surface area (Å²) in [7, 11) is 1.98. The summed E-state index contributed by atoms with van der Waals surface area (Å²) in [6, 6.07) is 2.39. The molecule has 72 valence electrons. The third-order valence-corrected chi connectivity index (χ3v) is 2.65. The van der Waals surface area contributed by atoms with E-state index in [1.807, 2.05) is 13.1 Å². The first-order chi connectivity index (χ1) is 6.42. The van der Waals surface area contributed by atoms with Gasteiger partial charge in [-0.15, -0.1) is 0 Å². The van der Waals surface area contributed by atoms with E-state index in [4.69, 9.17) is 9.15 Å². The molecule has 2 rings (SSSR count). The van der Waals surface area contributed by atoms with E-state index < -0.39 is 0 Å². The summed E-state index contributed by atoms with van der Waals surface area (Å²) in [6.45, 7) is 1.75. The van der Waals surface area contributed by atoms with Gasteiger partial charge < -0.3 is 14.5 Å². The SMILES string of the molecule is CNC(c1ccoc1)C1CCOC1. The Bertz CT molecular complexity index is 239. The summed E-state index contributed by atoms with van der Waals surface area (Å²) in [5.74, 6) is 0.586. The molecule has 0 aliphatic carbocycles. The Labute approximate surface area is 78.1 Å². The third-order valence-electron chi connectivity index (χ3n) is 2.65. The fourth-order valence-corrected chi connectivity index (χ4v) is 1.94. The monoisotopic (exact) mass is 181 g/mol. The Morgan fingerprint density at radius 3 is 3.08 bits per heavy atom. The van der Waals surface area contributed by atoms with Gasteiger partial charge in [0.25, 0.3) is 0 Å². The van der Waals surface area contributed by atoms with E-state index in [0.29, 0.717) is 12.0 Å². The molecule has 0 saturated carbocycles. The fourth-order valence-electron chi connectivity index (χ4n) is 1.94. The lowest BCUT2D eigenvalue weighted by atomic mass is 9.94. The summed E-state index contributed by atoms with van der Waals surface area (Å²) in [6.07, 6.45) is 4.66. The van der Waals surface area contributed by atoms with E-state index in [2.05, 4.69) is 5.32 Å². The highest BCUT2D eigenvalue weighted by Gasteiger charge is 2.26. The van der Waals surface area contributed by atoms with E-state index in [1.54, 1.807) is 12.5 Å². The molecular weight excluding hydrogens is 166 g/mol. The predicted octanol–water partition coefficient (Wildman–Crippen LogP) is 1.58. The number of hydrogen-bond acceptors (Lipinski definition) is 3. The minimum atomic E-state index is 0.376. The molecular formula is C10H15NO2. The zero-order chi connectivity index (χ0) is 9.10. The third kappa shape index (κ3) is 1.76. The Kier molecular flexibility index (Phi) is 2.66. The van der Waals surface area contributed by atoms with Crippen LogP contribution >= 0.6 is 0 Å². The van der Waals surface area contributed by atoms with E-state index in [-0.39, 0.29) is 0 Å². The maximum Gasteiger partial charge on any atom is 0.0950 e. The van der Waals surface area contributed by atoms with E-state index in [1.165, 1.54) is 5.56 Å². The topological polar surface area (TPSA) is 34.4 Å². The van der Waals surface area contributed by atoms with Gasteiger partial charge in [-0.25, -0.2) is 0 Å². The maximum atomic E-state index is 5.37. The molecule has 3 nitrogen and oxygen atoms in total. The first kappa shape index (κ1) is 8.78. The van der Waals surface area contributed by atoms with Crippen LogP contribution in [0.15, 0.2) is 23.0 Å². The molecule has 1 aliphatic rings. The molecule has 13 heavy (non-hydrogen) atoms. The van der Waals surface area contributed by atoms with Crippen LogP contribution in [0.25, 0.3) is 0 Å². The van der Waals surface area contributed by atoms with Crippen molar-refractivity contribution < 1.29 is 9.15 Å². The molecule has 0 radical (unpaired) electrons. The van der Waals surface area contributed by atoms with Gasteiger partial charge in [0.2, 0.25) is 0 Å². The molecule has 1 saturated heterocycles. The summed E-state index contributed by atoms with van der Waals surface area (Å²) >= 11 is 0. The first-order valence-electron chi connectivity index (χ1n) is 4.69. The minimum absolute atomic E-state index is 0.376. The molecule has 1 fully saturated rings. The van der Waals surface area contributed by atoms with Gasteiger partial charge in [-0.05, 0) is 19.5 Å². The van der Waals surface area contributed by atoms with Crippen molar-refractivity contribution in [2.24, 2.45) is 5.92 Å². The Morgan fingerprint density at radius 1 is 1.62 bits per heavy atom. The lowest BCUT2D eigenvalue weighted by Gasteiger charge is -2.19. The first-order valence-corrected chi connectivity index (χ1v) is 4.69. The van der Waals surface area contributed by atoms with Gasteiger partial charge in [0, 0.05) is 24.1 Å². The quantitative estimate of drug-likeness (QED) is 0.768. The molecule has 2 heterocycles. The number of nitrogens with one attached hydrogen (secondary N) is 1. The van der Waals surface area contributed by atoms with Crippen molar-refractivity contribution in [2.45, 2.75) is 12.5 Å². The molecule has 2 unspecified atom stereocenters. The molecule has 0 spiro atoms. The van der Waals surface area contributed by atoms with Crippen molar-refractivity contribution >= 4 is 0 Å². The highest BCUT2D eigenvalue weighted by atomic mass is 16.5. The van der Waals surface area contributed by atoms with Crippen molar-refractivity contribution in [3.63, 3.8) is 0 Å². The summed E-state index contributed by atoms with van der Waals surface area (Å²) < 4.78 is 10.4. The minimum Gasteiger partial charge on any atom is -0.472 e. The van der Waals surface area contributed by atoms with Gasteiger partial charge in [0.05, 0.1) is 19.1 Å². The van der Waals surface area contributed by atoms with E-state index in [0.717, 1.165) is 19.6 Å². The second-order valence-electron chi connectivity index (χ2n) is 3.45. The zero-order valence-electron chi connectivity index (χ0n) is 7.82. The molecule has 0 bridgehead atoms. The van der Waals surface area contributed by atoms with Crippen molar-refractivity contribution in [3.8, 4) is 0 Å². The molecule has 0 aromatic carbocycles. The van der Waals surface area contributed by atoms with Crippen LogP contribution in [0, 0.1) is 5.92 Å². The van der Waals surface area contributed by atoms with E-state index >= 15 is 0 Å². The highest BCUT2D eigenvalue weighted by Crippen LogP contribution is 2.28. The van der Waals surface area contributed by atoms with Crippen LogP contribution in [0.5, 0.6) is 0 Å². The number of furan rings is 1. The number of ether oxygens (including phenoxy) is 1. The lowest BCUT2D eigenvalue weighted by molar-refractivity contribution is 0.177. The average Bonchev–Trinajstić information content (AvgIpc) is 2.76. The molecule has 1 aliphatic heterocycles.